The largest absolute Gasteiger partial charge is 0.386 e. The Morgan fingerprint density at radius 1 is 1.67 bits per heavy atom. The first-order valence-electron chi connectivity index (χ1n) is 3.59. The van der Waals surface area contributed by atoms with Gasteiger partial charge in [0, 0.05) is 23.3 Å². The van der Waals surface area contributed by atoms with E-state index in [1.807, 2.05) is 0 Å². The number of hydrogen-bond acceptors (Lipinski definition) is 3. The summed E-state index contributed by atoms with van der Waals surface area (Å²) in [5.74, 6) is 0.247. The third kappa shape index (κ3) is 2.71. The molecule has 0 amide bonds. The average Bonchev–Trinajstić information content (AvgIpc) is 2.05. The molecule has 0 saturated heterocycles. The third-order valence-corrected chi connectivity index (χ3v) is 2.21. The van der Waals surface area contributed by atoms with E-state index < -0.39 is 16.9 Å². The van der Waals surface area contributed by atoms with Crippen LogP contribution >= 0.6 is 0 Å². The van der Waals surface area contributed by atoms with Crippen LogP contribution in [0.15, 0.2) is 24.4 Å². The van der Waals surface area contributed by atoms with Gasteiger partial charge >= 0.3 is 0 Å². The molecule has 0 saturated carbocycles. The molecule has 1 N–H and O–H groups in total. The number of pyridine rings is 1. The Bertz CT molecular complexity index is 263. The fraction of sp³-hybridized carbons (Fsp3) is 0.375. The molecule has 0 bridgehead atoms. The molecular weight excluding hydrogens is 174 g/mol. The molecule has 0 aliphatic carbocycles. The first kappa shape index (κ1) is 9.35. The van der Waals surface area contributed by atoms with E-state index in [4.69, 9.17) is 0 Å². The van der Waals surface area contributed by atoms with Gasteiger partial charge < -0.3 is 5.11 Å². The molecule has 1 unspecified atom stereocenters. The molecule has 66 valence electrons. The fourth-order valence-electron chi connectivity index (χ4n) is 0.881. The zero-order valence-electron chi connectivity index (χ0n) is 6.80. The van der Waals surface area contributed by atoms with Gasteiger partial charge in [0.1, 0.15) is 6.10 Å². The van der Waals surface area contributed by atoms with Gasteiger partial charge in [-0.05, 0) is 12.1 Å². The Kier molecular flexibility index (Phi) is 3.37. The van der Waals surface area contributed by atoms with Crippen molar-refractivity contribution in [3.05, 3.63) is 30.1 Å². The lowest BCUT2D eigenvalue weighted by Crippen LogP contribution is -2.08. The van der Waals surface area contributed by atoms with Crippen LogP contribution in [0.1, 0.15) is 11.8 Å². The fourth-order valence-corrected chi connectivity index (χ4v) is 1.50. The molecule has 2 atom stereocenters. The topological polar surface area (TPSA) is 50.2 Å². The molecule has 0 aromatic carbocycles. The summed E-state index contributed by atoms with van der Waals surface area (Å²) in [5, 5.41) is 9.44. The van der Waals surface area contributed by atoms with E-state index in [-0.39, 0.29) is 5.75 Å². The number of hydrogen-bond donors (Lipinski definition) is 1. The lowest BCUT2D eigenvalue weighted by Gasteiger charge is -2.06. The quantitative estimate of drug-likeness (QED) is 0.745. The van der Waals surface area contributed by atoms with Gasteiger partial charge in [-0.1, -0.05) is 6.07 Å². The smallest absolute Gasteiger partial charge is 0.107 e. The molecule has 1 heterocycles. The van der Waals surface area contributed by atoms with Crippen molar-refractivity contribution in [3.63, 3.8) is 0 Å². The first-order chi connectivity index (χ1) is 5.70. The van der Waals surface area contributed by atoms with Gasteiger partial charge in [0.25, 0.3) is 0 Å². The summed E-state index contributed by atoms with van der Waals surface area (Å²) in [6.45, 7) is 0. The Morgan fingerprint density at radius 3 is 2.92 bits per heavy atom. The molecular formula is C8H11NO2S. The Hall–Kier alpha value is -0.740. The predicted molar refractivity (Wildman–Crippen MR) is 48.1 cm³/mol. The van der Waals surface area contributed by atoms with Gasteiger partial charge in [0.2, 0.25) is 0 Å². The van der Waals surface area contributed by atoms with Gasteiger partial charge in [-0.15, -0.1) is 0 Å². The zero-order valence-corrected chi connectivity index (χ0v) is 7.62. The second kappa shape index (κ2) is 4.33. The number of aliphatic hydroxyl groups is 1. The van der Waals surface area contributed by atoms with Crippen LogP contribution in [0, 0.1) is 0 Å². The second-order valence-corrected chi connectivity index (χ2v) is 3.99. The average molecular weight is 185 g/mol. The number of aliphatic hydroxyl groups excluding tert-OH is 1. The van der Waals surface area contributed by atoms with Crippen molar-refractivity contribution in [1.82, 2.24) is 4.98 Å². The molecule has 0 radical (unpaired) electrons. The van der Waals surface area contributed by atoms with E-state index in [9.17, 15) is 9.32 Å². The minimum Gasteiger partial charge on any atom is -0.386 e. The lowest BCUT2D eigenvalue weighted by atomic mass is 10.2. The van der Waals surface area contributed by atoms with Gasteiger partial charge in [-0.25, -0.2) is 0 Å². The molecule has 0 fully saturated rings. The van der Waals surface area contributed by atoms with Crippen molar-refractivity contribution in [2.45, 2.75) is 6.10 Å². The van der Waals surface area contributed by atoms with E-state index in [1.165, 1.54) is 0 Å². The van der Waals surface area contributed by atoms with Crippen molar-refractivity contribution in [1.29, 1.82) is 0 Å². The number of nitrogens with zero attached hydrogens (tertiary/aromatic N) is 1. The van der Waals surface area contributed by atoms with Gasteiger partial charge in [-0.2, -0.15) is 0 Å². The van der Waals surface area contributed by atoms with Crippen LogP contribution in [-0.2, 0) is 10.8 Å². The van der Waals surface area contributed by atoms with Crippen LogP contribution < -0.4 is 0 Å². The van der Waals surface area contributed by atoms with Crippen molar-refractivity contribution in [2.24, 2.45) is 0 Å². The van der Waals surface area contributed by atoms with Crippen LogP contribution in [0.3, 0.4) is 0 Å². The SMILES string of the molecule is CS(=O)C[C@@H](O)c1ccccn1. The normalized spacial score (nSPS) is 15.5. The maximum atomic E-state index is 10.8. The summed E-state index contributed by atoms with van der Waals surface area (Å²) < 4.78 is 10.8. The Morgan fingerprint density at radius 2 is 2.42 bits per heavy atom. The van der Waals surface area contributed by atoms with Crippen molar-refractivity contribution >= 4 is 10.8 Å². The highest BCUT2D eigenvalue weighted by atomic mass is 32.2. The molecule has 0 spiro atoms. The summed E-state index contributed by atoms with van der Waals surface area (Å²) in [5.41, 5.74) is 0.577. The molecule has 1 aromatic rings. The molecule has 12 heavy (non-hydrogen) atoms. The molecule has 4 heteroatoms. The van der Waals surface area contributed by atoms with Crippen molar-refractivity contribution < 1.29 is 9.32 Å². The van der Waals surface area contributed by atoms with Gasteiger partial charge in [-0.3, -0.25) is 9.19 Å². The monoisotopic (exact) mass is 185 g/mol. The van der Waals surface area contributed by atoms with E-state index >= 15 is 0 Å². The summed E-state index contributed by atoms with van der Waals surface area (Å²) in [7, 11) is -0.986. The van der Waals surface area contributed by atoms with Crippen LogP contribution in [0.4, 0.5) is 0 Å². The minimum atomic E-state index is -0.986. The van der Waals surface area contributed by atoms with Crippen molar-refractivity contribution in [3.8, 4) is 0 Å². The maximum Gasteiger partial charge on any atom is 0.107 e. The van der Waals surface area contributed by atoms with Crippen LogP contribution in [-0.4, -0.2) is 26.3 Å². The van der Waals surface area contributed by atoms with Gasteiger partial charge in [0.15, 0.2) is 0 Å². The second-order valence-electron chi connectivity index (χ2n) is 2.51. The molecule has 3 nitrogen and oxygen atoms in total. The standard InChI is InChI=1S/C8H11NO2S/c1-12(11)6-8(10)7-4-2-3-5-9-7/h2-5,8,10H,6H2,1H3/t8-,12?/m1/s1. The van der Waals surface area contributed by atoms with Crippen LogP contribution in [0.2, 0.25) is 0 Å². The highest BCUT2D eigenvalue weighted by Gasteiger charge is 2.09. The molecule has 0 aliphatic rings. The van der Waals surface area contributed by atoms with Crippen molar-refractivity contribution in [2.75, 3.05) is 12.0 Å². The molecule has 1 aromatic heterocycles. The first-order valence-corrected chi connectivity index (χ1v) is 5.32. The van der Waals surface area contributed by atoms with E-state index in [1.54, 1.807) is 30.7 Å². The summed E-state index contributed by atoms with van der Waals surface area (Å²) in [6.07, 6.45) is 2.46. The maximum absolute atomic E-state index is 10.8. The number of rotatable bonds is 3. The Labute approximate surface area is 73.9 Å². The van der Waals surface area contributed by atoms with Gasteiger partial charge in [0.05, 0.1) is 11.4 Å². The van der Waals surface area contributed by atoms with Crippen LogP contribution in [0.25, 0.3) is 0 Å². The minimum absolute atomic E-state index is 0.247. The number of aromatic nitrogens is 1. The Balaban J connectivity index is 2.65. The third-order valence-electron chi connectivity index (χ3n) is 1.42. The molecule has 1 rings (SSSR count). The predicted octanol–water partition coefficient (Wildman–Crippen LogP) is 0.493. The highest BCUT2D eigenvalue weighted by Crippen LogP contribution is 2.08. The van der Waals surface area contributed by atoms with Crippen LogP contribution in [0.5, 0.6) is 0 Å². The molecule has 0 aliphatic heterocycles. The highest BCUT2D eigenvalue weighted by molar-refractivity contribution is 7.84. The van der Waals surface area contributed by atoms with E-state index in [2.05, 4.69) is 4.98 Å². The summed E-state index contributed by atoms with van der Waals surface area (Å²) in [4.78, 5) is 3.95. The summed E-state index contributed by atoms with van der Waals surface area (Å²) >= 11 is 0. The summed E-state index contributed by atoms with van der Waals surface area (Å²) in [6, 6.07) is 5.29. The van der Waals surface area contributed by atoms with E-state index in [0.29, 0.717) is 5.69 Å². The zero-order chi connectivity index (χ0) is 8.97. The van der Waals surface area contributed by atoms with E-state index in [0.717, 1.165) is 0 Å². The lowest BCUT2D eigenvalue weighted by molar-refractivity contribution is 0.198.